The minimum absolute atomic E-state index is 0.419. The summed E-state index contributed by atoms with van der Waals surface area (Å²) in [4.78, 5) is 3.79. The van der Waals surface area contributed by atoms with E-state index in [0.717, 1.165) is 0 Å². The molecule has 0 saturated carbocycles. The molecule has 0 bridgehead atoms. The highest BCUT2D eigenvalue weighted by atomic mass is 32.3. The maximum atomic E-state index is 9.60. The molecule has 0 heterocycles. The molecule has 0 aliphatic rings. The first-order chi connectivity index (χ1) is 5.33. The Morgan fingerprint density at radius 2 is 2.17 bits per heavy atom. The van der Waals surface area contributed by atoms with Crippen LogP contribution in [-0.4, -0.2) is 35.2 Å². The zero-order valence-electron chi connectivity index (χ0n) is 7.92. The van der Waals surface area contributed by atoms with Crippen LogP contribution in [0.25, 0.3) is 0 Å². The van der Waals surface area contributed by atoms with Gasteiger partial charge in [-0.05, 0) is 13.8 Å². The van der Waals surface area contributed by atoms with Crippen LogP contribution < -0.4 is 0 Å². The molecule has 4 nitrogen and oxygen atoms in total. The first kappa shape index (κ1) is 11.6. The van der Waals surface area contributed by atoms with Crippen molar-refractivity contribution in [3.05, 3.63) is 0 Å². The van der Waals surface area contributed by atoms with E-state index in [0.29, 0.717) is 5.75 Å². The Bertz CT molecular complexity index is 198. The summed E-state index contributed by atoms with van der Waals surface area (Å²) in [6.45, 7) is 3.66. The molecule has 1 atom stereocenters. The largest absolute Gasteiger partial charge is 0.299 e. The van der Waals surface area contributed by atoms with Crippen molar-refractivity contribution in [2.75, 3.05) is 19.1 Å². The van der Waals surface area contributed by atoms with E-state index in [1.807, 2.05) is 19.9 Å². The molecule has 2 N–H and O–H groups in total. The Morgan fingerprint density at radius 3 is 2.50 bits per heavy atom. The second-order valence-corrected chi connectivity index (χ2v) is 5.85. The molecule has 0 amide bonds. The summed E-state index contributed by atoms with van der Waals surface area (Å²) in [5.41, 5.74) is -0.476. The number of nitrogens with zero attached hydrogens (tertiary/aromatic N) is 1. The lowest BCUT2D eigenvalue weighted by atomic mass is 10.1. The van der Waals surface area contributed by atoms with Gasteiger partial charge in [0.1, 0.15) is 0 Å². The molecule has 0 fully saturated rings. The highest BCUT2D eigenvalue weighted by molar-refractivity contribution is 8.24. The maximum Gasteiger partial charge on any atom is 0.0868 e. The van der Waals surface area contributed by atoms with Gasteiger partial charge in [0.15, 0.2) is 0 Å². The van der Waals surface area contributed by atoms with Gasteiger partial charge in [-0.15, -0.1) is 0 Å². The van der Waals surface area contributed by atoms with E-state index in [9.17, 15) is 4.55 Å². The highest BCUT2D eigenvalue weighted by Crippen LogP contribution is 2.42. The normalized spacial score (nSPS) is 19.1. The fourth-order valence-electron chi connectivity index (χ4n) is 0.898. The summed E-state index contributed by atoms with van der Waals surface area (Å²) in [6, 6.07) is 1.98. The summed E-state index contributed by atoms with van der Waals surface area (Å²) in [5, 5.41) is 6.69. The number of nitrogens with one attached hydrogen (secondary N) is 1. The summed E-state index contributed by atoms with van der Waals surface area (Å²) in [7, 11) is -0.545. The molecule has 0 spiro atoms. The molecule has 0 rings (SSSR count). The van der Waals surface area contributed by atoms with Crippen LogP contribution in [0.3, 0.4) is 0 Å². The fraction of sp³-hybridized carbons (Fsp3) is 0.857. The van der Waals surface area contributed by atoms with Gasteiger partial charge < -0.3 is 0 Å². The summed E-state index contributed by atoms with van der Waals surface area (Å²) in [6.07, 6.45) is 1.65. The molecule has 0 aliphatic carbocycles. The van der Waals surface area contributed by atoms with Gasteiger partial charge in [0.2, 0.25) is 0 Å². The first-order valence-corrected chi connectivity index (χ1v) is 5.60. The van der Waals surface area contributed by atoms with Crippen molar-refractivity contribution < 1.29 is 8.74 Å². The third-order valence-corrected chi connectivity index (χ3v) is 3.30. The summed E-state index contributed by atoms with van der Waals surface area (Å²) >= 11 is 0. The van der Waals surface area contributed by atoms with Crippen LogP contribution >= 0.6 is 10.6 Å². The van der Waals surface area contributed by atoms with Crippen LogP contribution in [0.15, 0.2) is 4.99 Å². The molecular formula is C7H16N2O2S. The summed E-state index contributed by atoms with van der Waals surface area (Å²) in [5.74, 6) is 0.419. The molecular weight excluding hydrogens is 176 g/mol. The van der Waals surface area contributed by atoms with Crippen molar-refractivity contribution in [3.8, 4) is 0 Å². The third-order valence-electron chi connectivity index (χ3n) is 1.34. The SMILES string of the molecule is COS(C)(O)CC(C)(C)N=C=N. The van der Waals surface area contributed by atoms with E-state index in [2.05, 4.69) is 4.99 Å². The predicted molar refractivity (Wildman–Crippen MR) is 52.3 cm³/mol. The zero-order valence-corrected chi connectivity index (χ0v) is 8.73. The quantitative estimate of drug-likeness (QED) is 0.669. The highest BCUT2D eigenvalue weighted by Gasteiger charge is 2.23. The van der Waals surface area contributed by atoms with E-state index in [4.69, 9.17) is 9.59 Å². The van der Waals surface area contributed by atoms with Gasteiger partial charge in [0.05, 0.1) is 24.4 Å². The van der Waals surface area contributed by atoms with Gasteiger partial charge in [0, 0.05) is 6.26 Å². The molecule has 0 saturated heterocycles. The van der Waals surface area contributed by atoms with E-state index in [-0.39, 0.29) is 0 Å². The lowest BCUT2D eigenvalue weighted by molar-refractivity contribution is 0.390. The number of hydrogen-bond acceptors (Lipinski definition) is 4. The fourth-order valence-corrected chi connectivity index (χ4v) is 2.39. The Balaban J connectivity index is 4.32. The molecule has 1 unspecified atom stereocenters. The Kier molecular flexibility index (Phi) is 3.93. The van der Waals surface area contributed by atoms with Gasteiger partial charge >= 0.3 is 0 Å². The topological polar surface area (TPSA) is 65.7 Å². The molecule has 0 aromatic rings. The van der Waals surface area contributed by atoms with E-state index < -0.39 is 16.1 Å². The Hall–Kier alpha value is -0.350. The van der Waals surface area contributed by atoms with Crippen molar-refractivity contribution in [2.24, 2.45) is 4.99 Å². The van der Waals surface area contributed by atoms with Crippen LogP contribution in [0.2, 0.25) is 0 Å². The van der Waals surface area contributed by atoms with Gasteiger partial charge in [-0.25, -0.2) is 10.4 Å². The lowest BCUT2D eigenvalue weighted by Crippen LogP contribution is -2.26. The zero-order chi connectivity index (χ0) is 9.83. The van der Waals surface area contributed by atoms with Crippen molar-refractivity contribution in [3.63, 3.8) is 0 Å². The Labute approximate surface area is 74.9 Å². The third kappa shape index (κ3) is 4.51. The van der Waals surface area contributed by atoms with Crippen molar-refractivity contribution >= 4 is 16.6 Å². The number of aliphatic imine (C=N–C) groups is 1. The molecule has 0 aliphatic heterocycles. The standard InChI is InChI=1S/C7H16N2O2S/c1-7(2,9-6-8)5-12(4,10)11-3/h8,10H,5H2,1-4H3. The van der Waals surface area contributed by atoms with Crippen LogP contribution in [0.5, 0.6) is 0 Å². The molecule has 5 heteroatoms. The predicted octanol–water partition coefficient (Wildman–Crippen LogP) is 1.99. The average Bonchev–Trinajstić information content (AvgIpc) is 1.85. The minimum atomic E-state index is -2.02. The maximum absolute atomic E-state index is 9.60. The smallest absolute Gasteiger partial charge is 0.0868 e. The van der Waals surface area contributed by atoms with E-state index >= 15 is 0 Å². The first-order valence-electron chi connectivity index (χ1n) is 3.51. The van der Waals surface area contributed by atoms with Crippen molar-refractivity contribution in [1.82, 2.24) is 0 Å². The van der Waals surface area contributed by atoms with Gasteiger partial charge in [-0.1, -0.05) is 0 Å². The average molecular weight is 192 g/mol. The van der Waals surface area contributed by atoms with Gasteiger partial charge in [0.25, 0.3) is 0 Å². The second-order valence-electron chi connectivity index (χ2n) is 3.31. The summed E-state index contributed by atoms with van der Waals surface area (Å²) < 4.78 is 14.5. The van der Waals surface area contributed by atoms with Crippen LogP contribution in [-0.2, 0) is 4.18 Å². The minimum Gasteiger partial charge on any atom is -0.299 e. The molecule has 72 valence electrons. The monoisotopic (exact) mass is 192 g/mol. The molecule has 0 aromatic carbocycles. The second kappa shape index (κ2) is 4.05. The van der Waals surface area contributed by atoms with Gasteiger partial charge in [-0.3, -0.25) is 8.74 Å². The van der Waals surface area contributed by atoms with Crippen molar-refractivity contribution in [1.29, 1.82) is 5.41 Å². The van der Waals surface area contributed by atoms with E-state index in [1.165, 1.54) is 7.11 Å². The molecule has 12 heavy (non-hydrogen) atoms. The van der Waals surface area contributed by atoms with Crippen LogP contribution in [0.4, 0.5) is 0 Å². The van der Waals surface area contributed by atoms with Crippen LogP contribution in [0.1, 0.15) is 13.8 Å². The van der Waals surface area contributed by atoms with Gasteiger partial charge in [-0.2, -0.15) is 10.6 Å². The number of hydrogen-bond donors (Lipinski definition) is 2. The number of rotatable bonds is 4. The van der Waals surface area contributed by atoms with Crippen molar-refractivity contribution in [2.45, 2.75) is 19.4 Å². The molecule has 0 aromatic heterocycles. The Morgan fingerprint density at radius 1 is 1.67 bits per heavy atom. The van der Waals surface area contributed by atoms with E-state index in [1.54, 1.807) is 6.26 Å². The lowest BCUT2D eigenvalue weighted by Gasteiger charge is -2.36. The van der Waals surface area contributed by atoms with Crippen LogP contribution in [0, 0.1) is 5.41 Å². The molecule has 0 radical (unpaired) electrons.